The number of halogens is 1. The Bertz CT molecular complexity index is 925. The molecule has 0 bridgehead atoms. The summed E-state index contributed by atoms with van der Waals surface area (Å²) in [4.78, 5) is 38.6. The van der Waals surface area contributed by atoms with Crippen LogP contribution in [0.3, 0.4) is 0 Å². The number of carbonyl (C=O) groups excluding carboxylic acids is 2. The first kappa shape index (κ1) is 22.6. The minimum Gasteiger partial charge on any atom is -0.339 e. The summed E-state index contributed by atoms with van der Waals surface area (Å²) >= 11 is 7.38. The minimum atomic E-state index is -0.0584. The highest BCUT2D eigenvalue weighted by Gasteiger charge is 2.28. The molecule has 160 valence electrons. The van der Waals surface area contributed by atoms with E-state index >= 15 is 0 Å². The normalized spacial score (nSPS) is 14.3. The number of rotatable bonds is 5. The quantitative estimate of drug-likeness (QED) is 0.516. The standard InChI is InChI=1S/C22H27ClN4O2S/c1-14(2)20-24-15(3)19(21(25-20)30-4)22(29)27-11-9-26(10-12-27)18(28)13-16-5-7-17(23)8-6-16/h5-8,14H,9-13H2,1-4H3. The van der Waals surface area contributed by atoms with Crippen LogP contribution in [0.25, 0.3) is 0 Å². The number of thioether (sulfide) groups is 1. The lowest BCUT2D eigenvalue weighted by Gasteiger charge is -2.35. The van der Waals surface area contributed by atoms with E-state index in [1.54, 1.807) is 17.0 Å². The largest absolute Gasteiger partial charge is 0.339 e. The first-order chi connectivity index (χ1) is 14.3. The molecule has 1 aromatic heterocycles. The van der Waals surface area contributed by atoms with E-state index in [1.165, 1.54) is 11.8 Å². The second kappa shape index (κ2) is 9.79. The van der Waals surface area contributed by atoms with Gasteiger partial charge in [-0.25, -0.2) is 9.97 Å². The third kappa shape index (κ3) is 5.13. The van der Waals surface area contributed by atoms with Crippen molar-refractivity contribution in [2.75, 3.05) is 32.4 Å². The predicted octanol–water partition coefficient (Wildman–Crippen LogP) is 3.81. The molecule has 0 spiro atoms. The van der Waals surface area contributed by atoms with Crippen LogP contribution in [-0.4, -0.2) is 64.0 Å². The second-order valence-corrected chi connectivity index (χ2v) is 8.91. The molecular weight excluding hydrogens is 420 g/mol. The summed E-state index contributed by atoms with van der Waals surface area (Å²) in [7, 11) is 0. The van der Waals surface area contributed by atoms with Gasteiger partial charge in [-0.15, -0.1) is 11.8 Å². The molecule has 0 radical (unpaired) electrons. The van der Waals surface area contributed by atoms with Crippen molar-refractivity contribution in [3.8, 4) is 0 Å². The third-order valence-corrected chi connectivity index (χ3v) is 6.12. The van der Waals surface area contributed by atoms with Crippen molar-refractivity contribution < 1.29 is 9.59 Å². The summed E-state index contributed by atoms with van der Waals surface area (Å²) in [6.07, 6.45) is 2.27. The highest BCUT2D eigenvalue weighted by Crippen LogP contribution is 2.25. The van der Waals surface area contributed by atoms with Crippen molar-refractivity contribution in [3.63, 3.8) is 0 Å². The summed E-state index contributed by atoms with van der Waals surface area (Å²) in [5.74, 6) is 0.965. The van der Waals surface area contributed by atoms with E-state index in [-0.39, 0.29) is 17.7 Å². The van der Waals surface area contributed by atoms with Crippen LogP contribution in [0.1, 0.15) is 47.2 Å². The molecule has 2 amide bonds. The van der Waals surface area contributed by atoms with E-state index in [0.29, 0.717) is 48.9 Å². The van der Waals surface area contributed by atoms with E-state index in [4.69, 9.17) is 11.6 Å². The Morgan fingerprint density at radius 2 is 1.67 bits per heavy atom. The molecule has 0 saturated carbocycles. The Kier molecular flexibility index (Phi) is 7.36. The summed E-state index contributed by atoms with van der Waals surface area (Å²) in [5.41, 5.74) is 2.22. The van der Waals surface area contributed by atoms with Crippen molar-refractivity contribution in [2.24, 2.45) is 0 Å². The van der Waals surface area contributed by atoms with Crippen LogP contribution < -0.4 is 0 Å². The number of aryl methyl sites for hydroxylation is 1. The Hall–Kier alpha value is -2.12. The number of hydrogen-bond acceptors (Lipinski definition) is 5. The molecule has 0 N–H and O–H groups in total. The van der Waals surface area contributed by atoms with E-state index in [0.717, 1.165) is 16.4 Å². The summed E-state index contributed by atoms with van der Waals surface area (Å²) in [6, 6.07) is 7.32. The van der Waals surface area contributed by atoms with Crippen LogP contribution >= 0.6 is 23.4 Å². The Morgan fingerprint density at radius 3 is 2.23 bits per heavy atom. The van der Waals surface area contributed by atoms with Crippen molar-refractivity contribution >= 4 is 35.2 Å². The predicted molar refractivity (Wildman–Crippen MR) is 120 cm³/mol. The molecule has 0 aliphatic carbocycles. The highest BCUT2D eigenvalue weighted by molar-refractivity contribution is 7.98. The average Bonchev–Trinajstić information content (AvgIpc) is 2.74. The van der Waals surface area contributed by atoms with Gasteiger partial charge in [0.25, 0.3) is 5.91 Å². The van der Waals surface area contributed by atoms with E-state index in [9.17, 15) is 9.59 Å². The zero-order valence-corrected chi connectivity index (χ0v) is 19.4. The van der Waals surface area contributed by atoms with Gasteiger partial charge in [0.1, 0.15) is 10.9 Å². The zero-order chi connectivity index (χ0) is 21.8. The molecule has 1 aliphatic rings. The van der Waals surface area contributed by atoms with Gasteiger partial charge in [0.2, 0.25) is 5.91 Å². The molecule has 1 fully saturated rings. The molecule has 1 saturated heterocycles. The number of piperazine rings is 1. The molecule has 0 atom stereocenters. The van der Waals surface area contributed by atoms with Gasteiger partial charge >= 0.3 is 0 Å². The molecule has 0 unspecified atom stereocenters. The lowest BCUT2D eigenvalue weighted by molar-refractivity contribution is -0.131. The van der Waals surface area contributed by atoms with Crippen molar-refractivity contribution in [3.05, 3.63) is 51.9 Å². The van der Waals surface area contributed by atoms with Gasteiger partial charge in [0.05, 0.1) is 17.7 Å². The SMILES string of the molecule is CSc1nc(C(C)C)nc(C)c1C(=O)N1CCN(C(=O)Cc2ccc(Cl)cc2)CC1. The van der Waals surface area contributed by atoms with E-state index in [2.05, 4.69) is 9.97 Å². The molecule has 1 aliphatic heterocycles. The van der Waals surface area contributed by atoms with Gasteiger partial charge in [-0.1, -0.05) is 37.6 Å². The van der Waals surface area contributed by atoms with E-state index in [1.807, 2.05) is 44.1 Å². The summed E-state index contributed by atoms with van der Waals surface area (Å²) < 4.78 is 0. The number of aromatic nitrogens is 2. The molecule has 2 heterocycles. The number of hydrogen-bond donors (Lipinski definition) is 0. The smallest absolute Gasteiger partial charge is 0.258 e. The van der Waals surface area contributed by atoms with Crippen LogP contribution in [0, 0.1) is 6.92 Å². The fraction of sp³-hybridized carbons (Fsp3) is 0.455. The summed E-state index contributed by atoms with van der Waals surface area (Å²) in [5, 5.41) is 1.38. The van der Waals surface area contributed by atoms with Gasteiger partial charge in [-0.2, -0.15) is 0 Å². The van der Waals surface area contributed by atoms with Gasteiger partial charge in [-0.05, 0) is 30.9 Å². The van der Waals surface area contributed by atoms with Crippen molar-refractivity contribution in [2.45, 2.75) is 38.1 Å². The maximum absolute atomic E-state index is 13.2. The topological polar surface area (TPSA) is 66.4 Å². The van der Waals surface area contributed by atoms with Crippen LogP contribution in [-0.2, 0) is 11.2 Å². The fourth-order valence-electron chi connectivity index (χ4n) is 3.43. The zero-order valence-electron chi connectivity index (χ0n) is 17.8. The lowest BCUT2D eigenvalue weighted by Crippen LogP contribution is -2.51. The second-order valence-electron chi connectivity index (χ2n) is 7.68. The molecule has 30 heavy (non-hydrogen) atoms. The molecule has 3 rings (SSSR count). The third-order valence-electron chi connectivity index (χ3n) is 5.19. The number of nitrogens with zero attached hydrogens (tertiary/aromatic N) is 4. The van der Waals surface area contributed by atoms with Crippen LogP contribution in [0.4, 0.5) is 0 Å². The van der Waals surface area contributed by atoms with E-state index < -0.39 is 0 Å². The van der Waals surface area contributed by atoms with Crippen LogP contribution in [0.5, 0.6) is 0 Å². The van der Waals surface area contributed by atoms with Crippen LogP contribution in [0.15, 0.2) is 29.3 Å². The summed E-state index contributed by atoms with van der Waals surface area (Å²) in [6.45, 7) is 8.01. The number of benzene rings is 1. The lowest BCUT2D eigenvalue weighted by atomic mass is 10.1. The highest BCUT2D eigenvalue weighted by atomic mass is 35.5. The monoisotopic (exact) mass is 446 g/mol. The molecular formula is C22H27ClN4O2S. The van der Waals surface area contributed by atoms with Gasteiger partial charge < -0.3 is 9.80 Å². The van der Waals surface area contributed by atoms with Crippen molar-refractivity contribution in [1.29, 1.82) is 0 Å². The Morgan fingerprint density at radius 1 is 1.07 bits per heavy atom. The van der Waals surface area contributed by atoms with Crippen molar-refractivity contribution in [1.82, 2.24) is 19.8 Å². The Balaban J connectivity index is 1.65. The molecule has 1 aromatic carbocycles. The Labute approximate surface area is 187 Å². The minimum absolute atomic E-state index is 0.0584. The molecule has 6 nitrogen and oxygen atoms in total. The van der Waals surface area contributed by atoms with Gasteiger partial charge in [0, 0.05) is 37.1 Å². The number of amides is 2. The maximum atomic E-state index is 13.2. The average molecular weight is 447 g/mol. The first-order valence-corrected chi connectivity index (χ1v) is 11.6. The first-order valence-electron chi connectivity index (χ1n) is 10.0. The molecule has 2 aromatic rings. The van der Waals surface area contributed by atoms with Crippen LogP contribution in [0.2, 0.25) is 5.02 Å². The maximum Gasteiger partial charge on any atom is 0.258 e. The fourth-order valence-corrected chi connectivity index (χ4v) is 4.18. The van der Waals surface area contributed by atoms with Gasteiger partial charge in [0.15, 0.2) is 0 Å². The van der Waals surface area contributed by atoms with Gasteiger partial charge in [-0.3, -0.25) is 9.59 Å². The number of carbonyl (C=O) groups is 2. The molecule has 8 heteroatoms.